The summed E-state index contributed by atoms with van der Waals surface area (Å²) in [6, 6.07) is 6.77. The lowest BCUT2D eigenvalue weighted by Gasteiger charge is -2.65. The number of likely N-dealkylation sites (tertiary alicyclic amines) is 1. The molecule has 3 fully saturated rings. The second kappa shape index (κ2) is 5.80. The summed E-state index contributed by atoms with van der Waals surface area (Å²) >= 11 is 0. The molecule has 3 atom stereocenters. The van der Waals surface area contributed by atoms with Crippen LogP contribution in [0.2, 0.25) is 0 Å². The van der Waals surface area contributed by atoms with Crippen LogP contribution >= 0.6 is 0 Å². The van der Waals surface area contributed by atoms with Crippen molar-refractivity contribution in [3.63, 3.8) is 0 Å². The Hall–Kier alpha value is -1.39. The molecule has 0 N–H and O–H groups in total. The van der Waals surface area contributed by atoms with Crippen molar-refractivity contribution in [1.82, 2.24) is 4.90 Å². The number of carbonyl (C=O) groups is 1. The minimum atomic E-state index is -0.268. The molecule has 0 spiro atoms. The zero-order valence-electron chi connectivity index (χ0n) is 15.9. The van der Waals surface area contributed by atoms with Crippen LogP contribution < -0.4 is 4.74 Å². The van der Waals surface area contributed by atoms with Gasteiger partial charge in [0.25, 0.3) is 0 Å². The molecule has 0 amide bonds. The Kier molecular flexibility index (Phi) is 3.74. The van der Waals surface area contributed by atoms with Gasteiger partial charge in [-0.2, -0.15) is 0 Å². The van der Waals surface area contributed by atoms with Gasteiger partial charge >= 0.3 is 0 Å². The quantitative estimate of drug-likeness (QED) is 0.832. The number of Topliss-reactive ketones (excluding diaryl/α,β-unsaturated/α-hetero) is 1. The second-order valence-corrected chi connectivity index (χ2v) is 8.79. The minimum Gasteiger partial charge on any atom is -0.496 e. The number of nitrogens with zero attached hydrogens (tertiary/aromatic N) is 1. The van der Waals surface area contributed by atoms with Crippen LogP contribution in [0.4, 0.5) is 0 Å². The third kappa shape index (κ3) is 2.12. The molecule has 1 aliphatic heterocycles. The summed E-state index contributed by atoms with van der Waals surface area (Å²) in [5, 5.41) is 0. The Morgan fingerprint density at radius 3 is 2.81 bits per heavy atom. The minimum absolute atomic E-state index is 0.234. The molecule has 3 aliphatic carbocycles. The molecule has 2 saturated carbocycles. The maximum absolute atomic E-state index is 12.6. The van der Waals surface area contributed by atoms with E-state index < -0.39 is 0 Å². The molecule has 1 heterocycles. The molecular weight excluding hydrogens is 326 g/mol. The summed E-state index contributed by atoms with van der Waals surface area (Å²) in [5.41, 5.74) is 2.12. The van der Waals surface area contributed by atoms with Crippen molar-refractivity contribution in [2.75, 3.05) is 27.3 Å². The lowest BCUT2D eigenvalue weighted by molar-refractivity contribution is -0.188. The van der Waals surface area contributed by atoms with Gasteiger partial charge in [-0.15, -0.1) is 0 Å². The molecule has 4 nitrogen and oxygen atoms in total. The van der Waals surface area contributed by atoms with Crippen molar-refractivity contribution in [2.45, 2.75) is 62.0 Å². The highest BCUT2D eigenvalue weighted by Gasteiger charge is 2.66. The van der Waals surface area contributed by atoms with E-state index in [0.29, 0.717) is 24.7 Å². The van der Waals surface area contributed by atoms with Gasteiger partial charge in [-0.25, -0.2) is 0 Å². The highest BCUT2D eigenvalue weighted by molar-refractivity contribution is 5.83. The van der Waals surface area contributed by atoms with Crippen molar-refractivity contribution in [3.8, 4) is 5.75 Å². The molecule has 1 saturated heterocycles. The van der Waals surface area contributed by atoms with Crippen molar-refractivity contribution in [3.05, 3.63) is 29.3 Å². The van der Waals surface area contributed by atoms with Gasteiger partial charge in [-0.05, 0) is 56.2 Å². The smallest absolute Gasteiger partial charge is 0.134 e. The summed E-state index contributed by atoms with van der Waals surface area (Å²) in [6.07, 6.45) is 6.82. The first-order chi connectivity index (χ1) is 12.6. The maximum atomic E-state index is 12.6. The summed E-state index contributed by atoms with van der Waals surface area (Å²) in [4.78, 5) is 15.3. The molecule has 1 aromatic rings. The predicted molar refractivity (Wildman–Crippen MR) is 99.7 cm³/mol. The van der Waals surface area contributed by atoms with Gasteiger partial charge in [0.05, 0.1) is 12.7 Å². The van der Waals surface area contributed by atoms with E-state index in [-0.39, 0.29) is 11.0 Å². The third-order valence-electron chi connectivity index (χ3n) is 7.67. The van der Waals surface area contributed by atoms with Crippen molar-refractivity contribution >= 4 is 5.78 Å². The van der Waals surface area contributed by atoms with Crippen LogP contribution in [0.5, 0.6) is 5.75 Å². The molecule has 4 heteroatoms. The maximum Gasteiger partial charge on any atom is 0.134 e. The van der Waals surface area contributed by atoms with Crippen LogP contribution in [0.15, 0.2) is 18.2 Å². The largest absolute Gasteiger partial charge is 0.496 e. The van der Waals surface area contributed by atoms with E-state index in [1.165, 1.54) is 30.5 Å². The number of ketones is 1. The molecule has 0 aromatic heterocycles. The topological polar surface area (TPSA) is 38.8 Å². The number of rotatable bonds is 4. The number of hydrogen-bond donors (Lipinski definition) is 0. The van der Waals surface area contributed by atoms with E-state index in [0.717, 1.165) is 37.5 Å². The van der Waals surface area contributed by atoms with Crippen LogP contribution in [0.1, 0.15) is 49.7 Å². The Morgan fingerprint density at radius 2 is 2.08 bits per heavy atom. The number of carbonyl (C=O) groups excluding carboxylic acids is 1. The summed E-state index contributed by atoms with van der Waals surface area (Å²) in [7, 11) is 3.62. The van der Waals surface area contributed by atoms with Crippen molar-refractivity contribution < 1.29 is 14.3 Å². The highest BCUT2D eigenvalue weighted by Crippen LogP contribution is 2.61. The van der Waals surface area contributed by atoms with Crippen molar-refractivity contribution in [1.29, 1.82) is 0 Å². The Balaban J connectivity index is 1.70. The van der Waals surface area contributed by atoms with E-state index in [4.69, 9.17) is 9.47 Å². The number of ether oxygens (including phenoxy) is 2. The molecule has 26 heavy (non-hydrogen) atoms. The van der Waals surface area contributed by atoms with Gasteiger partial charge in [0, 0.05) is 43.5 Å². The number of hydrogen-bond acceptors (Lipinski definition) is 4. The van der Waals surface area contributed by atoms with E-state index in [9.17, 15) is 4.79 Å². The van der Waals surface area contributed by atoms with Crippen LogP contribution in [0.25, 0.3) is 0 Å². The van der Waals surface area contributed by atoms with E-state index in [2.05, 4.69) is 23.1 Å². The van der Waals surface area contributed by atoms with Crippen LogP contribution in [0.3, 0.4) is 0 Å². The Bertz CT molecular complexity index is 743. The zero-order valence-corrected chi connectivity index (χ0v) is 15.9. The Morgan fingerprint density at radius 1 is 1.23 bits per heavy atom. The second-order valence-electron chi connectivity index (χ2n) is 8.79. The number of piperidine rings is 1. The molecule has 0 unspecified atom stereocenters. The highest BCUT2D eigenvalue weighted by atomic mass is 16.5. The molecular formula is C22H29NO3. The fourth-order valence-corrected chi connectivity index (χ4v) is 6.38. The van der Waals surface area contributed by atoms with Crippen LogP contribution in [-0.4, -0.2) is 49.6 Å². The van der Waals surface area contributed by atoms with Crippen LogP contribution in [-0.2, 0) is 21.4 Å². The molecule has 140 valence electrons. The van der Waals surface area contributed by atoms with Gasteiger partial charge in [0.1, 0.15) is 11.5 Å². The fourth-order valence-electron chi connectivity index (χ4n) is 6.38. The molecule has 0 radical (unpaired) electrons. The summed E-state index contributed by atoms with van der Waals surface area (Å²) < 4.78 is 12.2. The molecule has 5 rings (SSSR count). The van der Waals surface area contributed by atoms with Gasteiger partial charge < -0.3 is 9.47 Å². The van der Waals surface area contributed by atoms with E-state index in [1.807, 2.05) is 7.11 Å². The number of methoxy groups -OCH3 is 2. The number of fused-ring (bicyclic) bond motifs is 1. The summed E-state index contributed by atoms with van der Waals surface area (Å²) in [6.45, 7) is 2.26. The first kappa shape index (κ1) is 16.8. The SMILES string of the molecule is COc1cccc2c1[C@@]13CCN(CC4CC4)[C@@H](C2)[C@]1(OC)CCC(=O)C3. The monoisotopic (exact) mass is 355 g/mol. The third-order valence-corrected chi connectivity index (χ3v) is 7.67. The average molecular weight is 355 g/mol. The average Bonchev–Trinajstić information content (AvgIpc) is 3.47. The van der Waals surface area contributed by atoms with E-state index in [1.54, 1.807) is 7.11 Å². The van der Waals surface area contributed by atoms with Crippen LogP contribution in [0, 0.1) is 5.92 Å². The van der Waals surface area contributed by atoms with Gasteiger partial charge in [0.15, 0.2) is 0 Å². The fraction of sp³-hybridized carbons (Fsp3) is 0.682. The Labute approximate surface area is 155 Å². The first-order valence-corrected chi connectivity index (χ1v) is 10.1. The normalized spacial score (nSPS) is 36.4. The standard InChI is InChI=1S/C22H29NO3/c1-25-18-5-3-4-16-12-19-22(26-2)9-8-17(24)13-21(22,20(16)18)10-11-23(19)14-15-6-7-15/h3-5,15,19H,6-14H2,1-2H3/t19-,21-,22+/m0/s1. The first-order valence-electron chi connectivity index (χ1n) is 10.1. The van der Waals surface area contributed by atoms with Crippen molar-refractivity contribution in [2.24, 2.45) is 5.92 Å². The van der Waals surface area contributed by atoms with Gasteiger partial charge in [-0.3, -0.25) is 9.69 Å². The lowest BCUT2D eigenvalue weighted by Crippen LogP contribution is -2.74. The molecule has 1 aromatic carbocycles. The number of benzene rings is 1. The zero-order chi connectivity index (χ0) is 17.9. The lowest BCUT2D eigenvalue weighted by atomic mass is 9.49. The molecule has 2 bridgehead atoms. The summed E-state index contributed by atoms with van der Waals surface area (Å²) in [5.74, 6) is 2.19. The van der Waals surface area contributed by atoms with Gasteiger partial charge in [0.2, 0.25) is 0 Å². The molecule has 4 aliphatic rings. The predicted octanol–water partition coefficient (Wildman–Crippen LogP) is 3.11. The van der Waals surface area contributed by atoms with E-state index >= 15 is 0 Å². The van der Waals surface area contributed by atoms with Gasteiger partial charge in [-0.1, -0.05) is 12.1 Å².